The standard InChI is InChI=1S/C22H27NO6/c1-6-14(2)15-7-9-16(10-8-15)23-21(24)13-29-22(25)17-11-19(27-4)20(28-5)12-18(17)26-3/h7-12,14H,6,13H2,1-5H3,(H,23,24)/t14-/m0/s1. The molecule has 1 atom stereocenters. The Balaban J connectivity index is 2.00. The van der Waals surface area contributed by atoms with Crippen molar-refractivity contribution in [2.45, 2.75) is 26.2 Å². The van der Waals surface area contributed by atoms with E-state index in [2.05, 4.69) is 19.2 Å². The van der Waals surface area contributed by atoms with E-state index in [0.29, 0.717) is 23.1 Å². The lowest BCUT2D eigenvalue weighted by Crippen LogP contribution is -2.21. The topological polar surface area (TPSA) is 83.1 Å². The van der Waals surface area contributed by atoms with E-state index < -0.39 is 18.5 Å². The van der Waals surface area contributed by atoms with Crippen molar-refractivity contribution >= 4 is 17.6 Å². The maximum Gasteiger partial charge on any atom is 0.342 e. The number of carbonyl (C=O) groups excluding carboxylic acids is 2. The molecule has 0 saturated carbocycles. The van der Waals surface area contributed by atoms with Crippen LogP contribution in [0.3, 0.4) is 0 Å². The largest absolute Gasteiger partial charge is 0.496 e. The summed E-state index contributed by atoms with van der Waals surface area (Å²) in [6.07, 6.45) is 1.04. The van der Waals surface area contributed by atoms with Gasteiger partial charge in [-0.25, -0.2) is 4.79 Å². The summed E-state index contributed by atoms with van der Waals surface area (Å²) in [6, 6.07) is 10.6. The molecule has 0 bridgehead atoms. The third-order valence-electron chi connectivity index (χ3n) is 4.64. The molecule has 2 rings (SSSR count). The summed E-state index contributed by atoms with van der Waals surface area (Å²) < 4.78 is 20.7. The predicted octanol–water partition coefficient (Wildman–Crippen LogP) is 4.02. The van der Waals surface area contributed by atoms with Gasteiger partial charge in [-0.3, -0.25) is 4.79 Å². The van der Waals surface area contributed by atoms with Crippen LogP contribution in [-0.2, 0) is 9.53 Å². The first-order valence-corrected chi connectivity index (χ1v) is 9.30. The first kappa shape index (κ1) is 22.1. The van der Waals surface area contributed by atoms with Crippen LogP contribution in [0.2, 0.25) is 0 Å². The minimum Gasteiger partial charge on any atom is -0.496 e. The van der Waals surface area contributed by atoms with E-state index >= 15 is 0 Å². The van der Waals surface area contributed by atoms with Crippen LogP contribution in [0.1, 0.15) is 42.1 Å². The second kappa shape index (κ2) is 10.4. The van der Waals surface area contributed by atoms with Gasteiger partial charge in [0.25, 0.3) is 5.91 Å². The van der Waals surface area contributed by atoms with Gasteiger partial charge in [0.05, 0.1) is 21.3 Å². The quantitative estimate of drug-likeness (QED) is 0.639. The second-order valence-corrected chi connectivity index (χ2v) is 6.46. The molecule has 2 aromatic carbocycles. The van der Waals surface area contributed by atoms with Crippen molar-refractivity contribution in [2.24, 2.45) is 0 Å². The zero-order valence-corrected chi connectivity index (χ0v) is 17.4. The second-order valence-electron chi connectivity index (χ2n) is 6.46. The van der Waals surface area contributed by atoms with Crippen LogP contribution in [0.15, 0.2) is 36.4 Å². The van der Waals surface area contributed by atoms with Crippen LogP contribution in [0.5, 0.6) is 17.2 Å². The first-order chi connectivity index (χ1) is 13.9. The minimum atomic E-state index is -0.704. The third kappa shape index (κ3) is 5.63. The lowest BCUT2D eigenvalue weighted by atomic mass is 9.99. The number of rotatable bonds is 9. The summed E-state index contributed by atoms with van der Waals surface area (Å²) in [5, 5.41) is 2.71. The van der Waals surface area contributed by atoms with Crippen molar-refractivity contribution < 1.29 is 28.5 Å². The Bertz CT molecular complexity index is 847. The van der Waals surface area contributed by atoms with Gasteiger partial charge in [0, 0.05) is 17.8 Å². The number of anilines is 1. The average Bonchev–Trinajstić information content (AvgIpc) is 2.76. The molecule has 7 nitrogen and oxygen atoms in total. The van der Waals surface area contributed by atoms with Gasteiger partial charge in [0.15, 0.2) is 18.1 Å². The van der Waals surface area contributed by atoms with Crippen molar-refractivity contribution in [3.8, 4) is 17.2 Å². The maximum atomic E-state index is 12.4. The Morgan fingerprint density at radius 3 is 2.07 bits per heavy atom. The predicted molar refractivity (Wildman–Crippen MR) is 110 cm³/mol. The molecule has 1 amide bonds. The Morgan fingerprint density at radius 2 is 1.52 bits per heavy atom. The van der Waals surface area contributed by atoms with Crippen LogP contribution in [0, 0.1) is 0 Å². The molecule has 0 aliphatic carbocycles. The van der Waals surface area contributed by atoms with Gasteiger partial charge in [-0.2, -0.15) is 0 Å². The monoisotopic (exact) mass is 401 g/mol. The molecule has 0 spiro atoms. The fourth-order valence-corrected chi connectivity index (χ4v) is 2.73. The van der Waals surface area contributed by atoms with E-state index in [1.165, 1.54) is 39.0 Å². The average molecular weight is 401 g/mol. The number of amides is 1. The Morgan fingerprint density at radius 1 is 0.931 bits per heavy atom. The van der Waals surface area contributed by atoms with Crippen LogP contribution in [0.4, 0.5) is 5.69 Å². The van der Waals surface area contributed by atoms with E-state index in [9.17, 15) is 9.59 Å². The highest BCUT2D eigenvalue weighted by atomic mass is 16.5. The summed E-state index contributed by atoms with van der Waals surface area (Å²) >= 11 is 0. The highest BCUT2D eigenvalue weighted by Gasteiger charge is 2.20. The molecule has 7 heteroatoms. The summed E-state index contributed by atoms with van der Waals surface area (Å²) in [5.41, 5.74) is 1.98. The van der Waals surface area contributed by atoms with Gasteiger partial charge in [-0.05, 0) is 30.0 Å². The highest BCUT2D eigenvalue weighted by molar-refractivity contribution is 5.97. The zero-order chi connectivity index (χ0) is 21.4. The van der Waals surface area contributed by atoms with Crippen molar-refractivity contribution in [1.29, 1.82) is 0 Å². The number of nitrogens with one attached hydrogen (secondary N) is 1. The van der Waals surface area contributed by atoms with Crippen LogP contribution >= 0.6 is 0 Å². The van der Waals surface area contributed by atoms with Crippen molar-refractivity contribution in [1.82, 2.24) is 0 Å². The summed E-state index contributed by atoms with van der Waals surface area (Å²) in [6.45, 7) is 3.85. The molecule has 29 heavy (non-hydrogen) atoms. The Labute approximate surface area is 170 Å². The van der Waals surface area contributed by atoms with Gasteiger partial charge in [0.1, 0.15) is 11.3 Å². The van der Waals surface area contributed by atoms with Crippen LogP contribution in [0.25, 0.3) is 0 Å². The summed E-state index contributed by atoms with van der Waals surface area (Å²) in [7, 11) is 4.36. The first-order valence-electron chi connectivity index (χ1n) is 9.30. The number of esters is 1. The zero-order valence-electron chi connectivity index (χ0n) is 17.4. The fourth-order valence-electron chi connectivity index (χ4n) is 2.73. The number of carbonyl (C=O) groups is 2. The van der Waals surface area contributed by atoms with Gasteiger partial charge in [-0.15, -0.1) is 0 Å². The molecule has 156 valence electrons. The lowest BCUT2D eigenvalue weighted by Gasteiger charge is -2.14. The normalized spacial score (nSPS) is 11.3. The van der Waals surface area contributed by atoms with E-state index in [-0.39, 0.29) is 11.3 Å². The van der Waals surface area contributed by atoms with Crippen molar-refractivity contribution in [3.05, 3.63) is 47.5 Å². The maximum absolute atomic E-state index is 12.4. The number of hydrogen-bond acceptors (Lipinski definition) is 6. The molecular formula is C22H27NO6. The van der Waals surface area contributed by atoms with E-state index in [1.807, 2.05) is 24.3 Å². The molecule has 0 heterocycles. The molecule has 0 radical (unpaired) electrons. The molecule has 0 saturated heterocycles. The van der Waals surface area contributed by atoms with Gasteiger partial charge >= 0.3 is 5.97 Å². The molecule has 0 aromatic heterocycles. The van der Waals surface area contributed by atoms with Gasteiger partial charge in [-0.1, -0.05) is 26.0 Å². The number of ether oxygens (including phenoxy) is 4. The van der Waals surface area contributed by atoms with Crippen LogP contribution < -0.4 is 19.5 Å². The smallest absolute Gasteiger partial charge is 0.342 e. The SMILES string of the molecule is CC[C@H](C)c1ccc(NC(=O)COC(=O)c2cc(OC)c(OC)cc2OC)cc1. The Kier molecular flexibility index (Phi) is 7.88. The summed E-state index contributed by atoms with van der Waals surface area (Å²) in [4.78, 5) is 24.6. The van der Waals surface area contributed by atoms with E-state index in [4.69, 9.17) is 18.9 Å². The summed E-state index contributed by atoms with van der Waals surface area (Å²) in [5.74, 6) is 0.343. The van der Waals surface area contributed by atoms with E-state index in [0.717, 1.165) is 6.42 Å². The number of hydrogen-bond donors (Lipinski definition) is 1. The van der Waals surface area contributed by atoms with Gasteiger partial charge < -0.3 is 24.3 Å². The van der Waals surface area contributed by atoms with Crippen molar-refractivity contribution in [2.75, 3.05) is 33.3 Å². The minimum absolute atomic E-state index is 0.135. The lowest BCUT2D eigenvalue weighted by molar-refractivity contribution is -0.119. The molecule has 0 fully saturated rings. The molecule has 1 N–H and O–H groups in total. The molecular weight excluding hydrogens is 374 g/mol. The molecule has 2 aromatic rings. The van der Waals surface area contributed by atoms with Crippen molar-refractivity contribution in [3.63, 3.8) is 0 Å². The van der Waals surface area contributed by atoms with Crippen LogP contribution in [-0.4, -0.2) is 39.8 Å². The molecule has 0 aliphatic heterocycles. The van der Waals surface area contributed by atoms with Gasteiger partial charge in [0.2, 0.25) is 0 Å². The third-order valence-corrected chi connectivity index (χ3v) is 4.64. The molecule has 0 unspecified atom stereocenters. The highest BCUT2D eigenvalue weighted by Crippen LogP contribution is 2.34. The Hall–Kier alpha value is -3.22. The number of methoxy groups -OCH3 is 3. The fraction of sp³-hybridized carbons (Fsp3) is 0.364. The molecule has 0 aliphatic rings. The van der Waals surface area contributed by atoms with E-state index in [1.54, 1.807) is 0 Å². The number of benzene rings is 2.